The third kappa shape index (κ3) is 3.28. The van der Waals surface area contributed by atoms with Crippen molar-refractivity contribution in [1.82, 2.24) is 14.4 Å². The van der Waals surface area contributed by atoms with Crippen LogP contribution in [-0.4, -0.2) is 42.1 Å². The highest BCUT2D eigenvalue weighted by atomic mass is 16.5. The van der Waals surface area contributed by atoms with Crippen LogP contribution in [0.1, 0.15) is 0 Å². The van der Waals surface area contributed by atoms with E-state index in [2.05, 4.69) is 15.3 Å². The van der Waals surface area contributed by atoms with Gasteiger partial charge in [0.2, 0.25) is 12.2 Å². The molecule has 0 aliphatic carbocycles. The zero-order valence-corrected chi connectivity index (χ0v) is 16.7. The van der Waals surface area contributed by atoms with Crippen molar-refractivity contribution in [1.29, 1.82) is 0 Å². The highest BCUT2D eigenvalue weighted by Gasteiger charge is 2.18. The van der Waals surface area contributed by atoms with Crippen LogP contribution < -0.4 is 19.5 Å². The van der Waals surface area contributed by atoms with E-state index < -0.39 is 0 Å². The quantitative estimate of drug-likeness (QED) is 0.473. The predicted octanol–water partition coefficient (Wildman–Crippen LogP) is 3.66. The van der Waals surface area contributed by atoms with E-state index in [4.69, 9.17) is 14.2 Å². The molecule has 0 saturated carbocycles. The monoisotopic (exact) mass is 404 g/mol. The third-order valence-electron chi connectivity index (χ3n) is 4.78. The summed E-state index contributed by atoms with van der Waals surface area (Å²) in [4.78, 5) is 19.9. The lowest BCUT2D eigenvalue weighted by Crippen LogP contribution is -2.00. The number of nitrogens with zero attached hydrogens (tertiary/aromatic N) is 3. The number of fused-ring (bicyclic) bond motifs is 1. The zero-order chi connectivity index (χ0) is 21.1. The first-order valence-corrected chi connectivity index (χ1v) is 9.12. The molecule has 8 nitrogen and oxygen atoms in total. The molecule has 0 radical (unpaired) electrons. The molecule has 0 unspecified atom stereocenters. The number of carbonyl (C=O) groups is 1. The molecular weight excluding hydrogens is 384 g/mol. The first kappa shape index (κ1) is 19.3. The van der Waals surface area contributed by atoms with Gasteiger partial charge in [-0.25, -0.2) is 4.98 Å². The maximum Gasteiger partial charge on any atom is 0.211 e. The topological polar surface area (TPSA) is 87.0 Å². The number of carbonyl (C=O) groups excluding carboxylic acids is 1. The van der Waals surface area contributed by atoms with E-state index in [1.54, 1.807) is 39.9 Å². The number of benzene rings is 1. The molecule has 0 bridgehead atoms. The second-order valence-electron chi connectivity index (χ2n) is 6.40. The van der Waals surface area contributed by atoms with Crippen molar-refractivity contribution in [2.45, 2.75) is 0 Å². The molecule has 152 valence electrons. The molecule has 0 fully saturated rings. The lowest BCUT2D eigenvalue weighted by atomic mass is 10.1. The largest absolute Gasteiger partial charge is 0.493 e. The number of imidazole rings is 1. The fraction of sp³-hybridized carbons (Fsp3) is 0.136. The standard InChI is InChI=1S/C22H20N4O4/c1-28-19-8-15(9-20(29-2)21(19)30-3)18-11-24-22-17(25-13-27)7-16(12-26(18)22)14-5-4-6-23-10-14/h4-13H,1-3H3,(H,25,27). The summed E-state index contributed by atoms with van der Waals surface area (Å²) in [5, 5.41) is 2.74. The fourth-order valence-corrected chi connectivity index (χ4v) is 3.39. The van der Waals surface area contributed by atoms with Crippen LogP contribution in [-0.2, 0) is 4.79 Å². The average molecular weight is 404 g/mol. The van der Waals surface area contributed by atoms with Crippen molar-refractivity contribution in [3.63, 3.8) is 0 Å². The second-order valence-corrected chi connectivity index (χ2v) is 6.40. The normalized spacial score (nSPS) is 10.6. The van der Waals surface area contributed by atoms with Gasteiger partial charge in [-0.2, -0.15) is 0 Å². The molecule has 0 saturated heterocycles. The summed E-state index contributed by atoms with van der Waals surface area (Å²) in [5.41, 5.74) is 4.61. The van der Waals surface area contributed by atoms with Crippen molar-refractivity contribution in [3.8, 4) is 39.6 Å². The Kier molecular flexibility index (Phi) is 5.21. The fourth-order valence-electron chi connectivity index (χ4n) is 3.39. The SMILES string of the molecule is COc1cc(-c2cnc3c(NC=O)cc(-c4cccnc4)cn23)cc(OC)c1OC. The van der Waals surface area contributed by atoms with Gasteiger partial charge < -0.3 is 19.5 Å². The van der Waals surface area contributed by atoms with Gasteiger partial charge in [-0.05, 0) is 24.3 Å². The molecule has 4 rings (SSSR count). The van der Waals surface area contributed by atoms with Crippen molar-refractivity contribution >= 4 is 17.7 Å². The van der Waals surface area contributed by atoms with E-state index in [9.17, 15) is 4.79 Å². The molecule has 0 aliphatic rings. The molecule has 4 aromatic rings. The Labute approximate surface area is 173 Å². The number of aromatic nitrogens is 3. The van der Waals surface area contributed by atoms with Crippen molar-refractivity contribution in [2.24, 2.45) is 0 Å². The van der Waals surface area contributed by atoms with Gasteiger partial charge in [0.25, 0.3) is 0 Å². The van der Waals surface area contributed by atoms with Crippen LogP contribution in [0.15, 0.2) is 55.1 Å². The van der Waals surface area contributed by atoms with Gasteiger partial charge in [-0.3, -0.25) is 14.2 Å². The molecule has 0 atom stereocenters. The highest BCUT2D eigenvalue weighted by Crippen LogP contribution is 2.41. The molecule has 1 aromatic carbocycles. The Bertz CT molecular complexity index is 1180. The van der Waals surface area contributed by atoms with Crippen molar-refractivity contribution in [2.75, 3.05) is 26.6 Å². The van der Waals surface area contributed by atoms with Crippen LogP contribution in [0.2, 0.25) is 0 Å². The molecule has 1 amide bonds. The van der Waals surface area contributed by atoms with Gasteiger partial charge in [0, 0.05) is 35.3 Å². The second kappa shape index (κ2) is 8.12. The van der Waals surface area contributed by atoms with Crippen LogP contribution >= 0.6 is 0 Å². The predicted molar refractivity (Wildman–Crippen MR) is 113 cm³/mol. The van der Waals surface area contributed by atoms with Gasteiger partial charge >= 0.3 is 0 Å². The summed E-state index contributed by atoms with van der Waals surface area (Å²) in [5.74, 6) is 1.59. The average Bonchev–Trinajstić information content (AvgIpc) is 3.23. The number of nitrogens with one attached hydrogen (secondary N) is 1. The smallest absolute Gasteiger partial charge is 0.211 e. The summed E-state index contributed by atoms with van der Waals surface area (Å²) < 4.78 is 18.3. The summed E-state index contributed by atoms with van der Waals surface area (Å²) >= 11 is 0. The minimum atomic E-state index is 0.511. The van der Waals surface area contributed by atoms with Crippen LogP contribution in [0.25, 0.3) is 28.0 Å². The van der Waals surface area contributed by atoms with E-state index in [1.807, 2.05) is 40.9 Å². The summed E-state index contributed by atoms with van der Waals surface area (Å²) in [7, 11) is 4.70. The van der Waals surface area contributed by atoms with Crippen molar-refractivity contribution in [3.05, 3.63) is 55.1 Å². The van der Waals surface area contributed by atoms with Crippen LogP contribution in [0.3, 0.4) is 0 Å². The summed E-state index contributed by atoms with van der Waals surface area (Å²) in [6.07, 6.45) is 7.80. The number of ether oxygens (including phenoxy) is 3. The lowest BCUT2D eigenvalue weighted by Gasteiger charge is -2.14. The molecule has 8 heteroatoms. The van der Waals surface area contributed by atoms with E-state index >= 15 is 0 Å². The van der Waals surface area contributed by atoms with Gasteiger partial charge in [-0.15, -0.1) is 0 Å². The molecule has 0 spiro atoms. The highest BCUT2D eigenvalue weighted by molar-refractivity contribution is 5.86. The Morgan fingerprint density at radius 3 is 2.33 bits per heavy atom. The van der Waals surface area contributed by atoms with E-state index in [0.717, 1.165) is 22.4 Å². The zero-order valence-electron chi connectivity index (χ0n) is 16.7. The van der Waals surface area contributed by atoms with E-state index in [0.29, 0.717) is 35.0 Å². The minimum Gasteiger partial charge on any atom is -0.493 e. The molecule has 3 aromatic heterocycles. The Morgan fingerprint density at radius 1 is 0.967 bits per heavy atom. The van der Waals surface area contributed by atoms with Gasteiger partial charge in [0.05, 0.1) is 38.9 Å². The number of rotatable bonds is 7. The molecule has 1 N–H and O–H groups in total. The Hall–Kier alpha value is -4.07. The summed E-state index contributed by atoms with van der Waals surface area (Å²) in [6, 6.07) is 9.39. The number of hydrogen-bond acceptors (Lipinski definition) is 6. The van der Waals surface area contributed by atoms with Crippen LogP contribution in [0, 0.1) is 0 Å². The third-order valence-corrected chi connectivity index (χ3v) is 4.78. The molecule has 30 heavy (non-hydrogen) atoms. The molecule has 0 aliphatic heterocycles. The first-order valence-electron chi connectivity index (χ1n) is 9.12. The molecular formula is C22H20N4O4. The van der Waals surface area contributed by atoms with Crippen LogP contribution in [0.4, 0.5) is 5.69 Å². The van der Waals surface area contributed by atoms with Crippen molar-refractivity contribution < 1.29 is 19.0 Å². The van der Waals surface area contributed by atoms with E-state index in [1.165, 1.54) is 0 Å². The number of anilines is 1. The van der Waals surface area contributed by atoms with Crippen LogP contribution in [0.5, 0.6) is 17.2 Å². The maximum absolute atomic E-state index is 11.2. The number of pyridine rings is 2. The number of methoxy groups -OCH3 is 3. The lowest BCUT2D eigenvalue weighted by molar-refractivity contribution is -0.105. The maximum atomic E-state index is 11.2. The van der Waals surface area contributed by atoms with Gasteiger partial charge in [0.1, 0.15) is 0 Å². The van der Waals surface area contributed by atoms with Gasteiger partial charge in [0.15, 0.2) is 17.1 Å². The number of amides is 1. The Morgan fingerprint density at radius 2 is 1.73 bits per heavy atom. The Balaban J connectivity index is 1.96. The van der Waals surface area contributed by atoms with Gasteiger partial charge in [-0.1, -0.05) is 6.07 Å². The number of hydrogen-bond donors (Lipinski definition) is 1. The first-order chi connectivity index (χ1) is 14.7. The summed E-state index contributed by atoms with van der Waals surface area (Å²) in [6.45, 7) is 0. The van der Waals surface area contributed by atoms with E-state index in [-0.39, 0.29) is 0 Å². The minimum absolute atomic E-state index is 0.511. The molecule has 3 heterocycles.